The Bertz CT molecular complexity index is 936. The minimum atomic E-state index is -0.0297. The van der Waals surface area contributed by atoms with Crippen LogP contribution in [0.5, 0.6) is 0 Å². The summed E-state index contributed by atoms with van der Waals surface area (Å²) in [6.07, 6.45) is 11.4. The van der Waals surface area contributed by atoms with Gasteiger partial charge in [0.05, 0.1) is 0 Å². The lowest BCUT2D eigenvalue weighted by atomic mass is 9.97. The summed E-state index contributed by atoms with van der Waals surface area (Å²) in [6.45, 7) is 6.05. The number of aromatic nitrogens is 2. The van der Waals surface area contributed by atoms with E-state index in [-0.39, 0.29) is 5.56 Å². The zero-order chi connectivity index (χ0) is 14.6. The third kappa shape index (κ3) is 1.67. The molecule has 0 N–H and O–H groups in total. The van der Waals surface area contributed by atoms with Crippen molar-refractivity contribution in [3.05, 3.63) is 56.5 Å². The van der Waals surface area contributed by atoms with Crippen molar-refractivity contribution in [2.24, 2.45) is 0 Å². The molecule has 2 atom stereocenters. The van der Waals surface area contributed by atoms with E-state index in [0.717, 1.165) is 34.5 Å². The minimum absolute atomic E-state index is 0.0297. The van der Waals surface area contributed by atoms with Gasteiger partial charge in [-0.15, -0.1) is 0 Å². The maximum Gasteiger partial charge on any atom is 0.276 e. The van der Waals surface area contributed by atoms with E-state index >= 15 is 0 Å². The SMILES string of the molecule is C=c1ccn2c3c(c(=O)nc2/c1=C/C=C\C)C1CCC3C1. The highest BCUT2D eigenvalue weighted by Crippen LogP contribution is 2.51. The van der Waals surface area contributed by atoms with E-state index in [1.165, 1.54) is 12.1 Å². The molecule has 2 aliphatic rings. The van der Waals surface area contributed by atoms with Crippen LogP contribution in [0.25, 0.3) is 18.3 Å². The first-order valence-electron chi connectivity index (χ1n) is 7.58. The van der Waals surface area contributed by atoms with E-state index in [9.17, 15) is 4.79 Å². The molecule has 3 heteroatoms. The third-order valence-electron chi connectivity index (χ3n) is 4.90. The van der Waals surface area contributed by atoms with Gasteiger partial charge in [0.1, 0.15) is 5.65 Å². The fourth-order valence-electron chi connectivity index (χ4n) is 3.97. The normalized spacial score (nSPS) is 24.3. The topological polar surface area (TPSA) is 34.4 Å². The molecule has 0 radical (unpaired) electrons. The second-order valence-electron chi connectivity index (χ2n) is 6.06. The van der Waals surface area contributed by atoms with Gasteiger partial charge in [0.2, 0.25) is 0 Å². The number of nitrogens with zero attached hydrogens (tertiary/aromatic N) is 2. The molecule has 21 heavy (non-hydrogen) atoms. The monoisotopic (exact) mass is 278 g/mol. The minimum Gasteiger partial charge on any atom is -0.304 e. The van der Waals surface area contributed by atoms with Crippen LogP contribution >= 0.6 is 0 Å². The first-order chi connectivity index (χ1) is 10.2. The Morgan fingerprint density at radius 1 is 1.38 bits per heavy atom. The number of fused-ring (bicyclic) bond motifs is 7. The van der Waals surface area contributed by atoms with Gasteiger partial charge < -0.3 is 4.40 Å². The van der Waals surface area contributed by atoms with Crippen LogP contribution in [0.1, 0.15) is 49.3 Å². The largest absolute Gasteiger partial charge is 0.304 e. The van der Waals surface area contributed by atoms with Crippen molar-refractivity contribution >= 4 is 18.3 Å². The summed E-state index contributed by atoms with van der Waals surface area (Å²) in [6, 6.07) is 2.01. The smallest absolute Gasteiger partial charge is 0.276 e. The van der Waals surface area contributed by atoms with Gasteiger partial charge in [0, 0.05) is 28.6 Å². The maximum atomic E-state index is 12.5. The third-order valence-corrected chi connectivity index (χ3v) is 4.90. The summed E-state index contributed by atoms with van der Waals surface area (Å²) in [4.78, 5) is 16.9. The van der Waals surface area contributed by atoms with Gasteiger partial charge in [0.15, 0.2) is 0 Å². The predicted octanol–water partition coefficient (Wildman–Crippen LogP) is 1.83. The van der Waals surface area contributed by atoms with Crippen molar-refractivity contribution in [1.29, 1.82) is 0 Å². The van der Waals surface area contributed by atoms with Gasteiger partial charge in [-0.1, -0.05) is 24.8 Å². The number of pyridine rings is 1. The molecular formula is C18H18N2O. The van der Waals surface area contributed by atoms with Crippen LogP contribution in [0.2, 0.25) is 0 Å². The molecule has 2 bridgehead atoms. The summed E-state index contributed by atoms with van der Waals surface area (Å²) in [5.74, 6) is 0.961. The molecule has 1 saturated carbocycles. The molecule has 0 aliphatic heterocycles. The van der Waals surface area contributed by atoms with Crippen molar-refractivity contribution in [2.75, 3.05) is 0 Å². The Morgan fingerprint density at radius 2 is 2.19 bits per heavy atom. The molecule has 0 spiro atoms. The second-order valence-corrected chi connectivity index (χ2v) is 6.06. The number of allylic oxidation sites excluding steroid dienone is 2. The van der Waals surface area contributed by atoms with E-state index < -0.39 is 0 Å². The summed E-state index contributed by atoms with van der Waals surface area (Å²) >= 11 is 0. The molecule has 2 heterocycles. The molecule has 2 unspecified atom stereocenters. The Hall–Kier alpha value is -2.16. The average molecular weight is 278 g/mol. The standard InChI is InChI=1S/C18H18N2O/c1-3-4-5-14-11(2)8-9-20-16-13-7-6-12(10-13)15(16)18(21)19-17(14)20/h3-5,8-9,12-13H,2,6-7,10H2,1H3/b4-3-,14-5+. The summed E-state index contributed by atoms with van der Waals surface area (Å²) < 4.78 is 2.13. The van der Waals surface area contributed by atoms with Crippen LogP contribution in [-0.4, -0.2) is 9.38 Å². The molecule has 2 aromatic heterocycles. The summed E-state index contributed by atoms with van der Waals surface area (Å²) in [5, 5.41) is 1.85. The molecule has 4 rings (SSSR count). The van der Waals surface area contributed by atoms with Gasteiger partial charge in [-0.05, 0) is 43.4 Å². The van der Waals surface area contributed by atoms with E-state index in [4.69, 9.17) is 0 Å². The highest BCUT2D eigenvalue weighted by Gasteiger charge is 2.40. The number of rotatable bonds is 1. The van der Waals surface area contributed by atoms with Gasteiger partial charge >= 0.3 is 0 Å². The molecule has 0 aromatic carbocycles. The van der Waals surface area contributed by atoms with Gasteiger partial charge in [-0.3, -0.25) is 4.79 Å². The lowest BCUT2D eigenvalue weighted by Crippen LogP contribution is -2.31. The van der Waals surface area contributed by atoms with E-state index in [1.807, 2.05) is 37.4 Å². The molecule has 2 aliphatic carbocycles. The molecule has 0 saturated heterocycles. The fraction of sp³-hybridized carbons (Fsp3) is 0.333. The molecular weight excluding hydrogens is 260 g/mol. The quantitative estimate of drug-likeness (QED) is 0.797. The van der Waals surface area contributed by atoms with E-state index in [0.29, 0.717) is 11.8 Å². The van der Waals surface area contributed by atoms with Crippen molar-refractivity contribution in [3.8, 4) is 0 Å². The highest BCUT2D eigenvalue weighted by atomic mass is 16.1. The van der Waals surface area contributed by atoms with Crippen LogP contribution in [0.15, 0.2) is 29.2 Å². The van der Waals surface area contributed by atoms with E-state index in [2.05, 4.69) is 16.0 Å². The first-order valence-corrected chi connectivity index (χ1v) is 7.58. The predicted molar refractivity (Wildman–Crippen MR) is 84.8 cm³/mol. The lowest BCUT2D eigenvalue weighted by Gasteiger charge is -2.17. The lowest BCUT2D eigenvalue weighted by molar-refractivity contribution is 0.675. The van der Waals surface area contributed by atoms with Crippen LogP contribution in [0.3, 0.4) is 0 Å². The Balaban J connectivity index is 2.18. The van der Waals surface area contributed by atoms with Gasteiger partial charge in [-0.2, -0.15) is 4.98 Å². The van der Waals surface area contributed by atoms with Crippen molar-refractivity contribution in [2.45, 2.75) is 38.0 Å². The Morgan fingerprint density at radius 3 is 3.00 bits per heavy atom. The summed E-state index contributed by atoms with van der Waals surface area (Å²) in [5.41, 5.74) is 2.89. The van der Waals surface area contributed by atoms with Crippen LogP contribution in [-0.2, 0) is 0 Å². The highest BCUT2D eigenvalue weighted by molar-refractivity contribution is 5.54. The van der Waals surface area contributed by atoms with Crippen molar-refractivity contribution in [1.82, 2.24) is 9.38 Å². The van der Waals surface area contributed by atoms with Crippen molar-refractivity contribution < 1.29 is 0 Å². The first kappa shape index (κ1) is 12.6. The maximum absolute atomic E-state index is 12.5. The Kier molecular flexibility index (Phi) is 2.64. The van der Waals surface area contributed by atoms with Crippen LogP contribution in [0, 0.1) is 0 Å². The zero-order valence-corrected chi connectivity index (χ0v) is 12.2. The average Bonchev–Trinajstić information content (AvgIpc) is 3.08. The number of hydrogen-bond acceptors (Lipinski definition) is 2. The van der Waals surface area contributed by atoms with Crippen LogP contribution < -0.4 is 16.0 Å². The molecule has 3 nitrogen and oxygen atoms in total. The van der Waals surface area contributed by atoms with Gasteiger partial charge in [-0.25, -0.2) is 0 Å². The molecule has 0 amide bonds. The molecule has 2 aromatic rings. The van der Waals surface area contributed by atoms with E-state index in [1.54, 1.807) is 0 Å². The molecule has 106 valence electrons. The number of hydrogen-bond donors (Lipinski definition) is 0. The van der Waals surface area contributed by atoms with Crippen molar-refractivity contribution in [3.63, 3.8) is 0 Å². The second kappa shape index (κ2) is 4.42. The van der Waals surface area contributed by atoms with Gasteiger partial charge in [0.25, 0.3) is 5.56 Å². The fourth-order valence-corrected chi connectivity index (χ4v) is 3.97. The zero-order valence-electron chi connectivity index (χ0n) is 12.2. The Labute approximate surface area is 123 Å². The molecule has 1 fully saturated rings. The van der Waals surface area contributed by atoms with Crippen LogP contribution in [0.4, 0.5) is 0 Å². The summed E-state index contributed by atoms with van der Waals surface area (Å²) in [7, 11) is 0.